The van der Waals surface area contributed by atoms with Crippen molar-refractivity contribution < 1.29 is 19.2 Å². The second-order valence-electron chi connectivity index (χ2n) is 6.31. The van der Waals surface area contributed by atoms with Gasteiger partial charge in [-0.2, -0.15) is 0 Å². The highest BCUT2D eigenvalue weighted by molar-refractivity contribution is 6.33. The lowest BCUT2D eigenvalue weighted by molar-refractivity contribution is -0.384. The van der Waals surface area contributed by atoms with E-state index in [0.717, 1.165) is 24.7 Å². The standard InChI is InChI=1S/C21H15Cl2N3O5/c1-12(27)31-20-9-7-16(26(29)30)11-17(20)21(28)25-15-6-8-19(18(23)10-15)24-14-4-2-13(22)3-5-14/h2-11,24H,1H3,(H,25,28). The van der Waals surface area contributed by atoms with Crippen molar-refractivity contribution in [3.05, 3.63) is 86.4 Å². The molecule has 1 amide bonds. The lowest BCUT2D eigenvalue weighted by Gasteiger charge is -2.12. The minimum absolute atomic E-state index is 0.0947. The highest BCUT2D eigenvalue weighted by atomic mass is 35.5. The number of nitro benzene ring substituents is 1. The Bertz CT molecular complexity index is 1170. The number of amides is 1. The molecule has 0 unspecified atom stereocenters. The van der Waals surface area contributed by atoms with Crippen LogP contribution in [-0.2, 0) is 4.79 Å². The number of anilines is 3. The molecule has 3 rings (SSSR count). The van der Waals surface area contributed by atoms with Crippen molar-refractivity contribution in [2.24, 2.45) is 0 Å². The third-order valence-corrected chi connectivity index (χ3v) is 4.59. The Labute approximate surface area is 186 Å². The van der Waals surface area contributed by atoms with Gasteiger partial charge < -0.3 is 15.4 Å². The molecule has 158 valence electrons. The van der Waals surface area contributed by atoms with Crippen LogP contribution in [0.25, 0.3) is 0 Å². The zero-order valence-corrected chi connectivity index (χ0v) is 17.5. The van der Waals surface area contributed by atoms with Crippen molar-refractivity contribution in [1.29, 1.82) is 0 Å². The second-order valence-corrected chi connectivity index (χ2v) is 7.16. The summed E-state index contributed by atoms with van der Waals surface area (Å²) in [5.74, 6) is -1.46. The highest BCUT2D eigenvalue weighted by Gasteiger charge is 2.19. The molecule has 0 aliphatic carbocycles. The Morgan fingerprint density at radius 2 is 1.65 bits per heavy atom. The minimum Gasteiger partial charge on any atom is -0.426 e. The van der Waals surface area contributed by atoms with Crippen molar-refractivity contribution in [2.75, 3.05) is 10.6 Å². The predicted molar refractivity (Wildman–Crippen MR) is 119 cm³/mol. The average molecular weight is 460 g/mol. The molecule has 0 radical (unpaired) electrons. The Balaban J connectivity index is 1.82. The van der Waals surface area contributed by atoms with Gasteiger partial charge in [0, 0.05) is 35.5 Å². The third kappa shape index (κ3) is 5.71. The Hall–Kier alpha value is -3.62. The summed E-state index contributed by atoms with van der Waals surface area (Å²) in [5, 5.41) is 17.7. The van der Waals surface area contributed by atoms with Gasteiger partial charge in [-0.05, 0) is 48.5 Å². The van der Waals surface area contributed by atoms with Crippen molar-refractivity contribution in [2.45, 2.75) is 6.92 Å². The van der Waals surface area contributed by atoms with Gasteiger partial charge in [-0.3, -0.25) is 19.7 Å². The zero-order chi connectivity index (χ0) is 22.5. The molecule has 3 aromatic carbocycles. The van der Waals surface area contributed by atoms with E-state index in [1.54, 1.807) is 36.4 Å². The predicted octanol–water partition coefficient (Wildman–Crippen LogP) is 5.82. The van der Waals surface area contributed by atoms with Gasteiger partial charge in [-0.15, -0.1) is 0 Å². The molecule has 0 atom stereocenters. The molecule has 0 saturated carbocycles. The first-order valence-corrected chi connectivity index (χ1v) is 9.59. The molecule has 0 bridgehead atoms. The van der Waals surface area contributed by atoms with Crippen LogP contribution in [0.5, 0.6) is 5.75 Å². The molecule has 0 aliphatic heterocycles. The number of esters is 1. The summed E-state index contributed by atoms with van der Waals surface area (Å²) in [6.45, 7) is 1.16. The fraction of sp³-hybridized carbons (Fsp3) is 0.0476. The topological polar surface area (TPSA) is 111 Å². The number of carbonyl (C=O) groups excluding carboxylic acids is 2. The van der Waals surface area contributed by atoms with Gasteiger partial charge in [0.05, 0.1) is 21.2 Å². The number of hydrogen-bond donors (Lipinski definition) is 2. The van der Waals surface area contributed by atoms with Crippen LogP contribution < -0.4 is 15.4 Å². The molecule has 2 N–H and O–H groups in total. The number of carbonyl (C=O) groups is 2. The summed E-state index contributed by atoms with van der Waals surface area (Å²) in [6, 6.07) is 15.2. The molecule has 0 aromatic heterocycles. The van der Waals surface area contributed by atoms with E-state index in [4.69, 9.17) is 27.9 Å². The highest BCUT2D eigenvalue weighted by Crippen LogP contribution is 2.30. The fourth-order valence-corrected chi connectivity index (χ4v) is 2.99. The monoisotopic (exact) mass is 459 g/mol. The first-order chi connectivity index (χ1) is 14.7. The first-order valence-electron chi connectivity index (χ1n) is 8.83. The van der Waals surface area contributed by atoms with Gasteiger partial charge in [0.2, 0.25) is 0 Å². The van der Waals surface area contributed by atoms with Gasteiger partial charge in [0.1, 0.15) is 5.75 Å². The molecule has 3 aromatic rings. The molecular formula is C21H15Cl2N3O5. The molecule has 0 aliphatic rings. The largest absolute Gasteiger partial charge is 0.426 e. The van der Waals surface area contributed by atoms with Crippen LogP contribution >= 0.6 is 23.2 Å². The van der Waals surface area contributed by atoms with Crippen molar-refractivity contribution >= 4 is 57.8 Å². The fourth-order valence-electron chi connectivity index (χ4n) is 2.63. The maximum Gasteiger partial charge on any atom is 0.308 e. The van der Waals surface area contributed by atoms with E-state index in [1.807, 2.05) is 0 Å². The summed E-state index contributed by atoms with van der Waals surface area (Å²) in [4.78, 5) is 34.4. The van der Waals surface area contributed by atoms with E-state index in [1.165, 1.54) is 12.1 Å². The number of halogens is 2. The van der Waals surface area contributed by atoms with Gasteiger partial charge >= 0.3 is 5.97 Å². The van der Waals surface area contributed by atoms with E-state index in [2.05, 4.69) is 10.6 Å². The number of rotatable bonds is 6. The van der Waals surface area contributed by atoms with E-state index in [0.29, 0.717) is 21.4 Å². The van der Waals surface area contributed by atoms with Crippen LogP contribution in [0.15, 0.2) is 60.7 Å². The van der Waals surface area contributed by atoms with Gasteiger partial charge in [0.25, 0.3) is 11.6 Å². The van der Waals surface area contributed by atoms with Crippen LogP contribution in [0.3, 0.4) is 0 Å². The lowest BCUT2D eigenvalue weighted by atomic mass is 10.1. The zero-order valence-electron chi connectivity index (χ0n) is 16.0. The number of nitrogens with zero attached hydrogens (tertiary/aromatic N) is 1. The summed E-state index contributed by atoms with van der Waals surface area (Å²) in [7, 11) is 0. The van der Waals surface area contributed by atoms with Crippen LogP contribution in [0.2, 0.25) is 10.0 Å². The molecule has 0 fully saturated rings. The molecule has 31 heavy (non-hydrogen) atoms. The van der Waals surface area contributed by atoms with E-state index in [-0.39, 0.29) is 17.0 Å². The Morgan fingerprint density at radius 1 is 0.968 bits per heavy atom. The van der Waals surface area contributed by atoms with Crippen LogP contribution in [0, 0.1) is 10.1 Å². The number of ether oxygens (including phenoxy) is 1. The van der Waals surface area contributed by atoms with Crippen LogP contribution in [0.1, 0.15) is 17.3 Å². The number of non-ortho nitro benzene ring substituents is 1. The molecule has 8 nitrogen and oxygen atoms in total. The van der Waals surface area contributed by atoms with E-state index in [9.17, 15) is 19.7 Å². The SMILES string of the molecule is CC(=O)Oc1ccc([N+](=O)[O-])cc1C(=O)Nc1ccc(Nc2ccc(Cl)cc2)c(Cl)c1. The van der Waals surface area contributed by atoms with Gasteiger partial charge in [-0.25, -0.2) is 0 Å². The smallest absolute Gasteiger partial charge is 0.308 e. The number of nitro groups is 1. The molecular weight excluding hydrogens is 445 g/mol. The number of nitrogens with one attached hydrogen (secondary N) is 2. The number of benzene rings is 3. The van der Waals surface area contributed by atoms with Crippen molar-refractivity contribution in [3.63, 3.8) is 0 Å². The maximum atomic E-state index is 12.7. The van der Waals surface area contributed by atoms with Gasteiger partial charge in [-0.1, -0.05) is 23.2 Å². The van der Waals surface area contributed by atoms with E-state index < -0.39 is 16.8 Å². The molecule has 10 heteroatoms. The summed E-state index contributed by atoms with van der Waals surface area (Å²) in [6.07, 6.45) is 0. The quantitative estimate of drug-likeness (QED) is 0.208. The van der Waals surface area contributed by atoms with E-state index >= 15 is 0 Å². The second kappa shape index (κ2) is 9.46. The van der Waals surface area contributed by atoms with Crippen molar-refractivity contribution in [1.82, 2.24) is 0 Å². The van der Waals surface area contributed by atoms with Gasteiger partial charge in [0.15, 0.2) is 0 Å². The Kier molecular flexibility index (Phi) is 6.74. The Morgan fingerprint density at radius 3 is 2.26 bits per heavy atom. The van der Waals surface area contributed by atoms with Crippen molar-refractivity contribution in [3.8, 4) is 5.75 Å². The summed E-state index contributed by atoms with van der Waals surface area (Å²) in [5.41, 5.74) is 1.23. The number of hydrogen-bond acceptors (Lipinski definition) is 6. The van der Waals surface area contributed by atoms with Crippen LogP contribution in [0.4, 0.5) is 22.7 Å². The lowest BCUT2D eigenvalue weighted by Crippen LogP contribution is -2.15. The summed E-state index contributed by atoms with van der Waals surface area (Å²) < 4.78 is 4.99. The minimum atomic E-state index is -0.700. The molecule has 0 saturated heterocycles. The summed E-state index contributed by atoms with van der Waals surface area (Å²) >= 11 is 12.2. The average Bonchev–Trinajstić information content (AvgIpc) is 2.71. The maximum absolute atomic E-state index is 12.7. The molecule has 0 spiro atoms. The first kappa shape index (κ1) is 22.1. The third-order valence-electron chi connectivity index (χ3n) is 4.02. The van der Waals surface area contributed by atoms with Crippen LogP contribution in [-0.4, -0.2) is 16.8 Å². The molecule has 0 heterocycles. The normalized spacial score (nSPS) is 10.3.